The number of piperidine rings is 1. The predicted molar refractivity (Wildman–Crippen MR) is 97.9 cm³/mol. The Morgan fingerprint density at radius 1 is 1.26 bits per heavy atom. The first-order valence-electron chi connectivity index (χ1n) is 9.16. The zero-order valence-electron chi connectivity index (χ0n) is 15.6. The molecule has 1 heterocycles. The summed E-state index contributed by atoms with van der Waals surface area (Å²) in [5, 5.41) is 0. The first kappa shape index (κ1) is 18.2. The van der Waals surface area contributed by atoms with E-state index in [0.29, 0.717) is 11.7 Å². The Balaban J connectivity index is 1.88. The summed E-state index contributed by atoms with van der Waals surface area (Å²) in [6.07, 6.45) is 3.01. The number of benzene rings is 1. The van der Waals surface area contributed by atoms with Crippen LogP contribution in [0.15, 0.2) is 24.3 Å². The maximum atomic E-state index is 11.6. The van der Waals surface area contributed by atoms with Crippen molar-refractivity contribution in [1.82, 2.24) is 4.90 Å². The van der Waals surface area contributed by atoms with Crippen LogP contribution >= 0.6 is 0 Å². The van der Waals surface area contributed by atoms with E-state index >= 15 is 0 Å². The van der Waals surface area contributed by atoms with Gasteiger partial charge in [-0.2, -0.15) is 0 Å². The molecule has 1 fully saturated rings. The van der Waals surface area contributed by atoms with Gasteiger partial charge in [-0.3, -0.25) is 4.79 Å². The smallest absolute Gasteiger partial charge is 0.138 e. The summed E-state index contributed by atoms with van der Waals surface area (Å²) < 4.78 is 0. The summed E-state index contributed by atoms with van der Waals surface area (Å²) in [7, 11) is 0. The highest BCUT2D eigenvalue weighted by atomic mass is 16.1. The molecular formula is C21H33NO. The van der Waals surface area contributed by atoms with Crippen molar-refractivity contribution in [3.05, 3.63) is 35.4 Å². The lowest BCUT2D eigenvalue weighted by atomic mass is 9.82. The lowest BCUT2D eigenvalue weighted by Crippen LogP contribution is -2.41. The van der Waals surface area contributed by atoms with E-state index < -0.39 is 0 Å². The number of rotatable bonds is 6. The third-order valence-corrected chi connectivity index (χ3v) is 5.53. The van der Waals surface area contributed by atoms with E-state index in [1.165, 1.54) is 11.1 Å². The van der Waals surface area contributed by atoms with Crippen LogP contribution < -0.4 is 0 Å². The molecule has 0 spiro atoms. The third-order valence-electron chi connectivity index (χ3n) is 5.53. The molecule has 2 heteroatoms. The van der Waals surface area contributed by atoms with E-state index in [2.05, 4.69) is 63.8 Å². The number of Topliss-reactive ketones (excluding diaryl/α,β-unsaturated/α-hetero) is 1. The Kier molecular flexibility index (Phi) is 6.02. The van der Waals surface area contributed by atoms with E-state index in [9.17, 15) is 4.79 Å². The molecular weight excluding hydrogens is 282 g/mol. The Bertz CT molecular complexity index is 517. The van der Waals surface area contributed by atoms with Gasteiger partial charge in [0, 0.05) is 32.0 Å². The Morgan fingerprint density at radius 3 is 2.48 bits per heavy atom. The van der Waals surface area contributed by atoms with Crippen LogP contribution in [0.1, 0.15) is 58.6 Å². The van der Waals surface area contributed by atoms with Gasteiger partial charge >= 0.3 is 0 Å². The van der Waals surface area contributed by atoms with Gasteiger partial charge in [-0.05, 0) is 35.3 Å². The van der Waals surface area contributed by atoms with Crippen LogP contribution in [0.3, 0.4) is 0 Å². The number of nitrogens with zero attached hydrogens (tertiary/aromatic N) is 1. The quantitative estimate of drug-likeness (QED) is 0.772. The van der Waals surface area contributed by atoms with Crippen LogP contribution in [0, 0.1) is 11.8 Å². The highest BCUT2D eigenvalue weighted by Crippen LogP contribution is 2.27. The summed E-state index contributed by atoms with van der Waals surface area (Å²) >= 11 is 0. The first-order valence-corrected chi connectivity index (χ1v) is 9.16. The molecule has 128 valence electrons. The second-order valence-corrected chi connectivity index (χ2v) is 8.12. The SMILES string of the molecule is CCC(C)(C)c1ccc(CC(C)CN2CCC(=O)C(C)C2)cc1. The zero-order valence-corrected chi connectivity index (χ0v) is 15.6. The molecule has 23 heavy (non-hydrogen) atoms. The Labute approximate surface area is 142 Å². The summed E-state index contributed by atoms with van der Waals surface area (Å²) in [5.41, 5.74) is 3.12. The number of hydrogen-bond donors (Lipinski definition) is 0. The van der Waals surface area contributed by atoms with Crippen molar-refractivity contribution in [3.8, 4) is 0 Å². The second-order valence-electron chi connectivity index (χ2n) is 8.12. The van der Waals surface area contributed by atoms with Crippen molar-refractivity contribution in [2.24, 2.45) is 11.8 Å². The van der Waals surface area contributed by atoms with Crippen molar-refractivity contribution < 1.29 is 4.79 Å². The fraction of sp³-hybridized carbons (Fsp3) is 0.667. The Hall–Kier alpha value is -1.15. The minimum Gasteiger partial charge on any atom is -0.302 e. The minimum atomic E-state index is 0.214. The van der Waals surface area contributed by atoms with E-state index in [0.717, 1.165) is 38.9 Å². The molecule has 1 aromatic carbocycles. The zero-order chi connectivity index (χ0) is 17.0. The number of ketones is 1. The van der Waals surface area contributed by atoms with Crippen LogP contribution in [-0.2, 0) is 16.6 Å². The monoisotopic (exact) mass is 315 g/mol. The molecule has 2 rings (SSSR count). The summed E-state index contributed by atoms with van der Waals surface area (Å²) in [4.78, 5) is 14.1. The first-order chi connectivity index (χ1) is 10.8. The normalized spacial score (nSPS) is 21.4. The van der Waals surface area contributed by atoms with Gasteiger partial charge < -0.3 is 4.90 Å². The maximum Gasteiger partial charge on any atom is 0.138 e. The van der Waals surface area contributed by atoms with Gasteiger partial charge in [-0.15, -0.1) is 0 Å². The standard InChI is InChI=1S/C21H33NO/c1-6-21(4,5)19-9-7-18(8-10-19)13-16(2)14-22-12-11-20(23)17(3)15-22/h7-10,16-17H,6,11-15H2,1-5H3. The number of hydrogen-bond acceptors (Lipinski definition) is 2. The third kappa shape index (κ3) is 4.91. The molecule has 0 amide bonds. The van der Waals surface area contributed by atoms with Crippen LogP contribution in [0.5, 0.6) is 0 Å². The van der Waals surface area contributed by atoms with Gasteiger partial charge in [0.25, 0.3) is 0 Å². The van der Waals surface area contributed by atoms with Crippen LogP contribution in [-0.4, -0.2) is 30.3 Å². The van der Waals surface area contributed by atoms with Gasteiger partial charge in [0.2, 0.25) is 0 Å². The highest BCUT2D eigenvalue weighted by Gasteiger charge is 2.24. The van der Waals surface area contributed by atoms with Crippen LogP contribution in [0.2, 0.25) is 0 Å². The Morgan fingerprint density at radius 2 is 1.91 bits per heavy atom. The summed E-state index contributed by atoms with van der Waals surface area (Å²) in [6.45, 7) is 14.2. The van der Waals surface area contributed by atoms with Crippen molar-refractivity contribution in [1.29, 1.82) is 0 Å². The predicted octanol–water partition coefficient (Wildman–Crippen LogP) is 4.46. The fourth-order valence-electron chi connectivity index (χ4n) is 3.46. The molecule has 1 saturated heterocycles. The van der Waals surface area contributed by atoms with Crippen LogP contribution in [0.4, 0.5) is 0 Å². The van der Waals surface area contributed by atoms with Crippen LogP contribution in [0.25, 0.3) is 0 Å². The summed E-state index contributed by atoms with van der Waals surface area (Å²) in [5.74, 6) is 1.27. The molecule has 2 unspecified atom stereocenters. The maximum absolute atomic E-state index is 11.6. The molecule has 1 aromatic rings. The van der Waals surface area contributed by atoms with Crippen molar-refractivity contribution >= 4 is 5.78 Å². The van der Waals surface area contributed by atoms with E-state index in [4.69, 9.17) is 0 Å². The molecule has 2 atom stereocenters. The van der Waals surface area contributed by atoms with Gasteiger partial charge in [0.1, 0.15) is 5.78 Å². The van der Waals surface area contributed by atoms with E-state index in [-0.39, 0.29) is 11.3 Å². The van der Waals surface area contributed by atoms with Gasteiger partial charge in [-0.25, -0.2) is 0 Å². The number of carbonyl (C=O) groups excluding carboxylic acids is 1. The second kappa shape index (κ2) is 7.61. The highest BCUT2D eigenvalue weighted by molar-refractivity contribution is 5.81. The molecule has 0 saturated carbocycles. The van der Waals surface area contributed by atoms with Gasteiger partial charge in [-0.1, -0.05) is 58.9 Å². The molecule has 0 aromatic heterocycles. The molecule has 0 bridgehead atoms. The molecule has 1 aliphatic heterocycles. The summed E-state index contributed by atoms with van der Waals surface area (Å²) in [6, 6.07) is 9.19. The van der Waals surface area contributed by atoms with Crippen molar-refractivity contribution in [2.75, 3.05) is 19.6 Å². The van der Waals surface area contributed by atoms with Crippen molar-refractivity contribution in [3.63, 3.8) is 0 Å². The van der Waals surface area contributed by atoms with Gasteiger partial charge in [0.15, 0.2) is 0 Å². The molecule has 0 N–H and O–H groups in total. The lowest BCUT2D eigenvalue weighted by molar-refractivity contribution is -0.125. The van der Waals surface area contributed by atoms with E-state index in [1.54, 1.807) is 0 Å². The van der Waals surface area contributed by atoms with Gasteiger partial charge in [0.05, 0.1) is 0 Å². The average Bonchev–Trinajstić information content (AvgIpc) is 2.51. The molecule has 0 radical (unpaired) electrons. The number of carbonyl (C=O) groups is 1. The largest absolute Gasteiger partial charge is 0.302 e. The molecule has 1 aliphatic rings. The van der Waals surface area contributed by atoms with Crippen molar-refractivity contribution in [2.45, 2.75) is 59.3 Å². The minimum absolute atomic E-state index is 0.214. The topological polar surface area (TPSA) is 20.3 Å². The fourth-order valence-corrected chi connectivity index (χ4v) is 3.46. The molecule has 0 aliphatic carbocycles. The van der Waals surface area contributed by atoms with E-state index in [1.807, 2.05) is 0 Å². The molecule has 2 nitrogen and oxygen atoms in total. The average molecular weight is 316 g/mol. The number of likely N-dealkylation sites (tertiary alicyclic amines) is 1. The lowest BCUT2D eigenvalue weighted by Gasteiger charge is -2.32.